The lowest BCUT2D eigenvalue weighted by atomic mass is 10.2. The predicted molar refractivity (Wildman–Crippen MR) is 75.3 cm³/mol. The summed E-state index contributed by atoms with van der Waals surface area (Å²) in [5, 5.41) is 1.10. The first-order valence-electron chi connectivity index (χ1n) is 6.82. The molecular weight excluding hydrogens is 244 g/mol. The van der Waals surface area contributed by atoms with Gasteiger partial charge in [-0.15, -0.1) is 11.3 Å². The SMILES string of the molecule is CC(=O)c1sc(C(C)N2CCCCCC2)nc1C. The van der Waals surface area contributed by atoms with E-state index in [1.54, 1.807) is 18.3 Å². The quantitative estimate of drug-likeness (QED) is 0.784. The molecular formula is C14H22N2OS. The molecule has 2 rings (SSSR count). The number of Topliss-reactive ketones (excluding diaryl/α,β-unsaturated/α-hetero) is 1. The molecule has 0 radical (unpaired) electrons. The summed E-state index contributed by atoms with van der Waals surface area (Å²) in [6, 6.07) is 0.347. The maximum absolute atomic E-state index is 11.5. The second-order valence-electron chi connectivity index (χ2n) is 5.15. The third-order valence-corrected chi connectivity index (χ3v) is 5.11. The van der Waals surface area contributed by atoms with E-state index in [-0.39, 0.29) is 5.78 Å². The molecule has 0 spiro atoms. The van der Waals surface area contributed by atoms with E-state index in [1.807, 2.05) is 6.92 Å². The smallest absolute Gasteiger partial charge is 0.171 e. The Bertz CT molecular complexity index is 419. The molecule has 0 N–H and O–H groups in total. The highest BCUT2D eigenvalue weighted by Gasteiger charge is 2.22. The van der Waals surface area contributed by atoms with Crippen molar-refractivity contribution in [2.75, 3.05) is 13.1 Å². The van der Waals surface area contributed by atoms with Crippen molar-refractivity contribution in [3.63, 3.8) is 0 Å². The lowest BCUT2D eigenvalue weighted by Crippen LogP contribution is -2.27. The summed E-state index contributed by atoms with van der Waals surface area (Å²) in [6.07, 6.45) is 5.26. The number of carbonyl (C=O) groups is 1. The van der Waals surface area contributed by atoms with Gasteiger partial charge in [0.05, 0.1) is 16.6 Å². The Morgan fingerprint density at radius 3 is 2.39 bits per heavy atom. The largest absolute Gasteiger partial charge is 0.294 e. The van der Waals surface area contributed by atoms with Gasteiger partial charge in [0.25, 0.3) is 0 Å². The summed E-state index contributed by atoms with van der Waals surface area (Å²) in [4.78, 5) is 19.4. The van der Waals surface area contributed by atoms with Gasteiger partial charge in [-0.05, 0) is 39.8 Å². The highest BCUT2D eigenvalue weighted by Crippen LogP contribution is 2.29. The van der Waals surface area contributed by atoms with Gasteiger partial charge in [0.15, 0.2) is 5.78 Å². The van der Waals surface area contributed by atoms with Crippen LogP contribution in [-0.2, 0) is 0 Å². The van der Waals surface area contributed by atoms with Crippen molar-refractivity contribution in [3.05, 3.63) is 15.6 Å². The van der Waals surface area contributed by atoms with Gasteiger partial charge in [0.1, 0.15) is 5.01 Å². The normalized spacial score (nSPS) is 19.5. The maximum atomic E-state index is 11.5. The van der Waals surface area contributed by atoms with Crippen LogP contribution in [0.25, 0.3) is 0 Å². The number of aryl methyl sites for hydroxylation is 1. The molecule has 2 heterocycles. The fourth-order valence-electron chi connectivity index (χ4n) is 2.56. The minimum atomic E-state index is 0.138. The van der Waals surface area contributed by atoms with Crippen molar-refractivity contribution in [1.29, 1.82) is 0 Å². The number of carbonyl (C=O) groups excluding carboxylic acids is 1. The van der Waals surface area contributed by atoms with Gasteiger partial charge in [0.2, 0.25) is 0 Å². The van der Waals surface area contributed by atoms with Crippen LogP contribution in [0.5, 0.6) is 0 Å². The van der Waals surface area contributed by atoms with Gasteiger partial charge >= 0.3 is 0 Å². The molecule has 0 amide bonds. The van der Waals surface area contributed by atoms with Gasteiger partial charge in [-0.1, -0.05) is 12.8 Å². The van der Waals surface area contributed by atoms with Gasteiger partial charge in [-0.25, -0.2) is 4.98 Å². The summed E-state index contributed by atoms with van der Waals surface area (Å²) in [7, 11) is 0. The van der Waals surface area contributed by atoms with Crippen LogP contribution in [0, 0.1) is 6.92 Å². The van der Waals surface area contributed by atoms with E-state index in [9.17, 15) is 4.79 Å². The zero-order valence-electron chi connectivity index (χ0n) is 11.5. The third-order valence-electron chi connectivity index (χ3n) is 3.68. The average molecular weight is 266 g/mol. The Kier molecular flexibility index (Phi) is 4.51. The Morgan fingerprint density at radius 2 is 1.89 bits per heavy atom. The van der Waals surface area contributed by atoms with Gasteiger partial charge in [-0.2, -0.15) is 0 Å². The molecule has 1 fully saturated rings. The first-order valence-corrected chi connectivity index (χ1v) is 7.63. The fourth-order valence-corrected chi connectivity index (χ4v) is 3.61. The zero-order chi connectivity index (χ0) is 13.1. The van der Waals surface area contributed by atoms with E-state index in [4.69, 9.17) is 0 Å². The minimum absolute atomic E-state index is 0.138. The van der Waals surface area contributed by atoms with Crippen LogP contribution in [0.2, 0.25) is 0 Å². The van der Waals surface area contributed by atoms with Gasteiger partial charge in [0, 0.05) is 6.92 Å². The van der Waals surface area contributed by atoms with E-state index in [0.29, 0.717) is 6.04 Å². The van der Waals surface area contributed by atoms with Crippen molar-refractivity contribution in [2.24, 2.45) is 0 Å². The van der Waals surface area contributed by atoms with Gasteiger partial charge < -0.3 is 0 Å². The lowest BCUT2D eigenvalue weighted by molar-refractivity contribution is 0.102. The van der Waals surface area contributed by atoms with E-state index < -0.39 is 0 Å². The van der Waals surface area contributed by atoms with Crippen molar-refractivity contribution in [2.45, 2.75) is 52.5 Å². The minimum Gasteiger partial charge on any atom is -0.294 e. The van der Waals surface area contributed by atoms with Crippen LogP contribution in [-0.4, -0.2) is 28.8 Å². The fraction of sp³-hybridized carbons (Fsp3) is 0.714. The molecule has 0 bridgehead atoms. The maximum Gasteiger partial charge on any atom is 0.171 e. The molecule has 18 heavy (non-hydrogen) atoms. The number of hydrogen-bond acceptors (Lipinski definition) is 4. The average Bonchev–Trinajstić information content (AvgIpc) is 2.56. The molecule has 1 aromatic heterocycles. The summed E-state index contributed by atoms with van der Waals surface area (Å²) >= 11 is 1.57. The molecule has 1 aliphatic heterocycles. The third kappa shape index (κ3) is 2.98. The van der Waals surface area contributed by atoms with Crippen LogP contribution in [0.3, 0.4) is 0 Å². The van der Waals surface area contributed by atoms with Crippen molar-refractivity contribution < 1.29 is 4.79 Å². The number of rotatable bonds is 3. The number of thiazole rings is 1. The second-order valence-corrected chi connectivity index (χ2v) is 6.18. The number of aromatic nitrogens is 1. The number of ketones is 1. The number of hydrogen-bond donors (Lipinski definition) is 0. The Labute approximate surface area is 113 Å². The Hall–Kier alpha value is -0.740. The zero-order valence-corrected chi connectivity index (χ0v) is 12.3. The lowest BCUT2D eigenvalue weighted by Gasteiger charge is -2.25. The highest BCUT2D eigenvalue weighted by atomic mass is 32.1. The molecule has 3 nitrogen and oxygen atoms in total. The van der Waals surface area contributed by atoms with Crippen molar-refractivity contribution in [1.82, 2.24) is 9.88 Å². The molecule has 0 aromatic carbocycles. The predicted octanol–water partition coefficient (Wildman–Crippen LogP) is 3.59. The van der Waals surface area contributed by atoms with Crippen LogP contribution in [0.4, 0.5) is 0 Å². The van der Waals surface area contributed by atoms with E-state index in [2.05, 4.69) is 16.8 Å². The molecule has 1 aromatic rings. The van der Waals surface area contributed by atoms with E-state index in [0.717, 1.165) is 28.7 Å². The molecule has 1 aliphatic rings. The summed E-state index contributed by atoms with van der Waals surface area (Å²) < 4.78 is 0. The highest BCUT2D eigenvalue weighted by molar-refractivity contribution is 7.13. The molecule has 1 atom stereocenters. The summed E-state index contributed by atoms with van der Waals surface area (Å²) in [5.74, 6) is 0.138. The summed E-state index contributed by atoms with van der Waals surface area (Å²) in [6.45, 7) is 8.10. The second kappa shape index (κ2) is 5.93. The van der Waals surface area contributed by atoms with Crippen molar-refractivity contribution >= 4 is 17.1 Å². The van der Waals surface area contributed by atoms with Crippen LogP contribution < -0.4 is 0 Å². The Balaban J connectivity index is 2.14. The van der Waals surface area contributed by atoms with Crippen LogP contribution in [0.15, 0.2) is 0 Å². The van der Waals surface area contributed by atoms with Crippen LogP contribution in [0.1, 0.15) is 65.9 Å². The molecule has 1 saturated heterocycles. The monoisotopic (exact) mass is 266 g/mol. The van der Waals surface area contributed by atoms with E-state index >= 15 is 0 Å². The number of nitrogens with zero attached hydrogens (tertiary/aromatic N) is 2. The Morgan fingerprint density at radius 1 is 1.28 bits per heavy atom. The number of likely N-dealkylation sites (tertiary alicyclic amines) is 1. The van der Waals surface area contributed by atoms with E-state index in [1.165, 1.54) is 25.7 Å². The first-order chi connectivity index (χ1) is 8.59. The molecule has 100 valence electrons. The summed E-state index contributed by atoms with van der Waals surface area (Å²) in [5.41, 5.74) is 0.893. The van der Waals surface area contributed by atoms with Crippen LogP contribution >= 0.6 is 11.3 Å². The molecule has 1 unspecified atom stereocenters. The van der Waals surface area contributed by atoms with Gasteiger partial charge in [-0.3, -0.25) is 9.69 Å². The topological polar surface area (TPSA) is 33.2 Å². The standard InChI is InChI=1S/C14H22N2OS/c1-10-13(12(3)17)18-14(15-10)11(2)16-8-6-4-5-7-9-16/h11H,4-9H2,1-3H3. The van der Waals surface area contributed by atoms with Crippen molar-refractivity contribution in [3.8, 4) is 0 Å². The molecule has 0 saturated carbocycles. The molecule has 4 heteroatoms. The molecule has 0 aliphatic carbocycles. The first kappa shape index (κ1) is 13.7.